The van der Waals surface area contributed by atoms with Gasteiger partial charge in [0.25, 0.3) is 0 Å². The molecule has 1 aliphatic carbocycles. The minimum Gasteiger partial charge on any atom is -0.474 e. The van der Waals surface area contributed by atoms with Crippen molar-refractivity contribution in [1.82, 2.24) is 9.29 Å². The van der Waals surface area contributed by atoms with Gasteiger partial charge < -0.3 is 10.5 Å². The van der Waals surface area contributed by atoms with Crippen LogP contribution < -0.4 is 10.5 Å². The third kappa shape index (κ3) is 3.05. The molecule has 0 unspecified atom stereocenters. The van der Waals surface area contributed by atoms with E-state index < -0.39 is 10.0 Å². The van der Waals surface area contributed by atoms with Gasteiger partial charge in [-0.25, -0.2) is 17.7 Å². The first kappa shape index (κ1) is 14.2. The standard InChI is InChI=1S/C12H19N3O3S/c1-15(2)19(16,17)11-3-4-12(14-8-11)18-10-5-9(6-10)7-13/h3-4,8-10H,5-7,13H2,1-2H3. The van der Waals surface area contributed by atoms with Crippen molar-refractivity contribution in [3.8, 4) is 5.88 Å². The zero-order valence-electron chi connectivity index (χ0n) is 11.1. The first-order valence-electron chi connectivity index (χ1n) is 6.18. The van der Waals surface area contributed by atoms with Gasteiger partial charge in [0.05, 0.1) is 6.20 Å². The molecule has 0 bridgehead atoms. The molecule has 1 fully saturated rings. The first-order valence-corrected chi connectivity index (χ1v) is 7.63. The second-order valence-electron chi connectivity index (χ2n) is 4.93. The molecule has 0 aromatic carbocycles. The number of hydrogen-bond acceptors (Lipinski definition) is 5. The lowest BCUT2D eigenvalue weighted by atomic mass is 9.82. The Hall–Kier alpha value is -1.18. The maximum atomic E-state index is 11.8. The molecule has 0 radical (unpaired) electrons. The van der Waals surface area contributed by atoms with E-state index >= 15 is 0 Å². The van der Waals surface area contributed by atoms with Gasteiger partial charge in [0, 0.05) is 20.2 Å². The minimum atomic E-state index is -3.43. The molecule has 19 heavy (non-hydrogen) atoms. The molecule has 0 spiro atoms. The van der Waals surface area contributed by atoms with E-state index in [4.69, 9.17) is 10.5 Å². The summed E-state index contributed by atoms with van der Waals surface area (Å²) in [4.78, 5) is 4.21. The third-order valence-corrected chi connectivity index (χ3v) is 5.10. The van der Waals surface area contributed by atoms with E-state index in [0.29, 0.717) is 18.3 Å². The van der Waals surface area contributed by atoms with Crippen LogP contribution in [0.1, 0.15) is 12.8 Å². The smallest absolute Gasteiger partial charge is 0.244 e. The topological polar surface area (TPSA) is 85.5 Å². The van der Waals surface area contributed by atoms with E-state index in [2.05, 4.69) is 4.98 Å². The normalized spacial score (nSPS) is 23.2. The van der Waals surface area contributed by atoms with Crippen LogP contribution in [-0.4, -0.2) is 44.5 Å². The number of aromatic nitrogens is 1. The Morgan fingerprint density at radius 2 is 2.11 bits per heavy atom. The van der Waals surface area contributed by atoms with Gasteiger partial charge in [-0.15, -0.1) is 0 Å². The van der Waals surface area contributed by atoms with Crippen LogP contribution in [0, 0.1) is 5.92 Å². The predicted octanol–water partition coefficient (Wildman–Crippen LogP) is 0.448. The Balaban J connectivity index is 2.00. The highest BCUT2D eigenvalue weighted by Gasteiger charge is 2.30. The summed E-state index contributed by atoms with van der Waals surface area (Å²) < 4.78 is 30.5. The molecule has 2 N–H and O–H groups in total. The molecule has 1 aromatic heterocycles. The van der Waals surface area contributed by atoms with Crippen LogP contribution in [0.5, 0.6) is 5.88 Å². The average molecular weight is 285 g/mol. The second kappa shape index (κ2) is 5.44. The maximum Gasteiger partial charge on any atom is 0.244 e. The SMILES string of the molecule is CN(C)S(=O)(=O)c1ccc(OC2CC(CN)C2)nc1. The van der Waals surface area contributed by atoms with Crippen LogP contribution in [0.3, 0.4) is 0 Å². The molecule has 6 nitrogen and oxygen atoms in total. The summed E-state index contributed by atoms with van der Waals surface area (Å²) in [6, 6.07) is 3.10. The van der Waals surface area contributed by atoms with Crippen molar-refractivity contribution in [1.29, 1.82) is 0 Å². The lowest BCUT2D eigenvalue weighted by Crippen LogP contribution is -2.37. The van der Waals surface area contributed by atoms with E-state index in [1.807, 2.05) is 0 Å². The van der Waals surface area contributed by atoms with Crippen molar-refractivity contribution in [2.45, 2.75) is 23.8 Å². The fourth-order valence-electron chi connectivity index (χ4n) is 1.93. The number of ether oxygens (including phenoxy) is 1. The Labute approximate surface area is 113 Å². The average Bonchev–Trinajstić information content (AvgIpc) is 2.33. The molecule has 106 valence electrons. The summed E-state index contributed by atoms with van der Waals surface area (Å²) in [5.41, 5.74) is 5.54. The molecule has 0 saturated heterocycles. The Morgan fingerprint density at radius 3 is 2.58 bits per heavy atom. The highest BCUT2D eigenvalue weighted by Crippen LogP contribution is 2.30. The number of hydrogen-bond donors (Lipinski definition) is 1. The quantitative estimate of drug-likeness (QED) is 0.849. The summed E-state index contributed by atoms with van der Waals surface area (Å²) >= 11 is 0. The Morgan fingerprint density at radius 1 is 1.42 bits per heavy atom. The zero-order valence-corrected chi connectivity index (χ0v) is 11.9. The molecule has 1 saturated carbocycles. The van der Waals surface area contributed by atoms with Crippen molar-refractivity contribution >= 4 is 10.0 Å². The zero-order chi connectivity index (χ0) is 14.0. The molecular weight excluding hydrogens is 266 g/mol. The minimum absolute atomic E-state index is 0.150. The van der Waals surface area contributed by atoms with Crippen LogP contribution in [-0.2, 0) is 10.0 Å². The molecule has 1 aliphatic rings. The van der Waals surface area contributed by atoms with Crippen molar-refractivity contribution in [2.75, 3.05) is 20.6 Å². The van der Waals surface area contributed by atoms with Gasteiger partial charge in [-0.3, -0.25) is 0 Å². The van der Waals surface area contributed by atoms with Crippen LogP contribution >= 0.6 is 0 Å². The first-order chi connectivity index (χ1) is 8.93. The molecular formula is C12H19N3O3S. The summed E-state index contributed by atoms with van der Waals surface area (Å²) in [5.74, 6) is 0.997. The lowest BCUT2D eigenvalue weighted by Gasteiger charge is -2.34. The van der Waals surface area contributed by atoms with Gasteiger partial charge in [-0.05, 0) is 31.4 Å². The van der Waals surface area contributed by atoms with Crippen molar-refractivity contribution in [3.05, 3.63) is 18.3 Å². The van der Waals surface area contributed by atoms with Gasteiger partial charge in [-0.1, -0.05) is 0 Å². The van der Waals surface area contributed by atoms with E-state index in [1.165, 1.54) is 26.4 Å². The third-order valence-electron chi connectivity index (χ3n) is 3.30. The van der Waals surface area contributed by atoms with Crippen LogP contribution in [0.15, 0.2) is 23.2 Å². The number of nitrogens with zero attached hydrogens (tertiary/aromatic N) is 2. The molecule has 1 heterocycles. The van der Waals surface area contributed by atoms with Gasteiger partial charge in [0.2, 0.25) is 15.9 Å². The van der Waals surface area contributed by atoms with Crippen molar-refractivity contribution in [2.24, 2.45) is 11.7 Å². The summed E-state index contributed by atoms with van der Waals surface area (Å²) in [6.07, 6.45) is 3.35. The molecule has 0 atom stereocenters. The van der Waals surface area contributed by atoms with Gasteiger partial charge in [0.15, 0.2) is 0 Å². The Kier molecular flexibility index (Phi) is 4.07. The van der Waals surface area contributed by atoms with Crippen LogP contribution in [0.4, 0.5) is 0 Å². The number of pyridine rings is 1. The molecule has 0 aliphatic heterocycles. The lowest BCUT2D eigenvalue weighted by molar-refractivity contribution is 0.0648. The van der Waals surface area contributed by atoms with E-state index in [0.717, 1.165) is 17.1 Å². The number of sulfonamides is 1. The predicted molar refractivity (Wildman–Crippen MR) is 71.3 cm³/mol. The summed E-state index contributed by atoms with van der Waals surface area (Å²) in [6.45, 7) is 0.688. The largest absolute Gasteiger partial charge is 0.474 e. The van der Waals surface area contributed by atoms with E-state index in [9.17, 15) is 8.42 Å². The van der Waals surface area contributed by atoms with Crippen molar-refractivity contribution in [3.63, 3.8) is 0 Å². The van der Waals surface area contributed by atoms with Crippen LogP contribution in [0.2, 0.25) is 0 Å². The monoisotopic (exact) mass is 285 g/mol. The molecule has 0 amide bonds. The highest BCUT2D eigenvalue weighted by atomic mass is 32.2. The highest BCUT2D eigenvalue weighted by molar-refractivity contribution is 7.89. The summed E-state index contributed by atoms with van der Waals surface area (Å²) in [5, 5.41) is 0. The van der Waals surface area contributed by atoms with E-state index in [-0.39, 0.29) is 11.0 Å². The fraction of sp³-hybridized carbons (Fsp3) is 0.583. The number of nitrogens with two attached hydrogens (primary N) is 1. The molecule has 2 rings (SSSR count). The van der Waals surface area contributed by atoms with Gasteiger partial charge >= 0.3 is 0 Å². The Bertz CT molecular complexity index is 522. The fourth-order valence-corrected chi connectivity index (χ4v) is 2.78. The number of rotatable bonds is 5. The molecule has 1 aromatic rings. The van der Waals surface area contributed by atoms with Gasteiger partial charge in [0.1, 0.15) is 11.0 Å². The van der Waals surface area contributed by atoms with Crippen molar-refractivity contribution < 1.29 is 13.2 Å². The maximum absolute atomic E-state index is 11.8. The second-order valence-corrected chi connectivity index (χ2v) is 7.08. The van der Waals surface area contributed by atoms with Crippen LogP contribution in [0.25, 0.3) is 0 Å². The summed E-state index contributed by atoms with van der Waals surface area (Å²) in [7, 11) is -0.453. The molecule has 7 heteroatoms. The van der Waals surface area contributed by atoms with E-state index in [1.54, 1.807) is 6.07 Å². The van der Waals surface area contributed by atoms with Gasteiger partial charge in [-0.2, -0.15) is 0 Å².